The maximum atomic E-state index is 12.9. The Balaban J connectivity index is 1.35. The van der Waals surface area contributed by atoms with Crippen LogP contribution in [0.4, 0.5) is 0 Å². The number of hydrogen-bond donors (Lipinski definition) is 0. The highest BCUT2D eigenvalue weighted by atomic mass is 16.2. The van der Waals surface area contributed by atoms with Gasteiger partial charge in [0.05, 0.1) is 12.7 Å². The largest absolute Gasteiger partial charge is 0.334 e. The third-order valence-electron chi connectivity index (χ3n) is 5.41. The molecule has 1 aromatic heterocycles. The molecule has 1 aromatic carbocycles. The van der Waals surface area contributed by atoms with Gasteiger partial charge in [0, 0.05) is 44.4 Å². The molecule has 142 valence electrons. The van der Waals surface area contributed by atoms with Gasteiger partial charge in [0.1, 0.15) is 0 Å². The number of benzene rings is 1. The molecule has 1 atom stereocenters. The highest BCUT2D eigenvalue weighted by molar-refractivity contribution is 5.86. The molecule has 2 amide bonds. The Morgan fingerprint density at radius 2 is 2.00 bits per heavy atom. The Morgan fingerprint density at radius 3 is 2.67 bits per heavy atom. The SMILES string of the molecule is Cn1cc(CN(C(=O)CN2C[C@@H](Cc3ccccc3)CC2=O)C2CC2)cn1. The number of aryl methyl sites for hydroxylation is 1. The van der Waals surface area contributed by atoms with Crippen LogP contribution in [0.2, 0.25) is 0 Å². The minimum absolute atomic E-state index is 0.0510. The summed E-state index contributed by atoms with van der Waals surface area (Å²) in [6, 6.07) is 10.6. The quantitative estimate of drug-likeness (QED) is 0.753. The molecule has 1 aliphatic heterocycles. The topological polar surface area (TPSA) is 58.4 Å². The van der Waals surface area contributed by atoms with Crippen LogP contribution in [0.3, 0.4) is 0 Å². The van der Waals surface area contributed by atoms with Gasteiger partial charge in [0.15, 0.2) is 0 Å². The maximum absolute atomic E-state index is 12.9. The van der Waals surface area contributed by atoms with Crippen LogP contribution < -0.4 is 0 Å². The smallest absolute Gasteiger partial charge is 0.242 e. The Hall–Kier alpha value is -2.63. The second kappa shape index (κ2) is 7.55. The Bertz CT molecular complexity index is 813. The summed E-state index contributed by atoms with van der Waals surface area (Å²) in [6.07, 6.45) is 7.28. The van der Waals surface area contributed by atoms with Gasteiger partial charge in [-0.15, -0.1) is 0 Å². The first kappa shape index (κ1) is 17.8. The summed E-state index contributed by atoms with van der Waals surface area (Å²) in [5, 5.41) is 4.19. The molecule has 6 heteroatoms. The van der Waals surface area contributed by atoms with Gasteiger partial charge < -0.3 is 9.80 Å². The van der Waals surface area contributed by atoms with E-state index in [1.165, 1.54) is 5.56 Å². The summed E-state index contributed by atoms with van der Waals surface area (Å²) in [5.41, 5.74) is 2.28. The molecule has 1 saturated carbocycles. The van der Waals surface area contributed by atoms with Crippen molar-refractivity contribution in [2.75, 3.05) is 13.1 Å². The van der Waals surface area contributed by atoms with Crippen molar-refractivity contribution in [3.8, 4) is 0 Å². The number of carbonyl (C=O) groups excluding carboxylic acids is 2. The van der Waals surface area contributed by atoms with E-state index in [0.717, 1.165) is 24.8 Å². The minimum atomic E-state index is 0.0510. The van der Waals surface area contributed by atoms with E-state index in [-0.39, 0.29) is 18.4 Å². The zero-order valence-electron chi connectivity index (χ0n) is 15.8. The molecule has 2 aliphatic rings. The van der Waals surface area contributed by atoms with E-state index in [1.54, 1.807) is 15.8 Å². The van der Waals surface area contributed by atoms with E-state index in [9.17, 15) is 9.59 Å². The second-order valence-corrected chi connectivity index (χ2v) is 7.81. The molecule has 1 aliphatic carbocycles. The number of nitrogens with zero attached hydrogens (tertiary/aromatic N) is 4. The molecule has 1 saturated heterocycles. The van der Waals surface area contributed by atoms with E-state index in [1.807, 2.05) is 36.3 Å². The van der Waals surface area contributed by atoms with Crippen LogP contribution in [-0.4, -0.2) is 50.5 Å². The lowest BCUT2D eigenvalue weighted by Gasteiger charge is -2.25. The van der Waals surface area contributed by atoms with Gasteiger partial charge in [-0.25, -0.2) is 0 Å². The summed E-state index contributed by atoms with van der Waals surface area (Å²) in [4.78, 5) is 29.0. The first-order valence-electron chi connectivity index (χ1n) is 9.67. The summed E-state index contributed by atoms with van der Waals surface area (Å²) >= 11 is 0. The predicted molar refractivity (Wildman–Crippen MR) is 102 cm³/mol. The van der Waals surface area contributed by atoms with E-state index in [2.05, 4.69) is 17.2 Å². The molecular formula is C21H26N4O2. The molecule has 2 aromatic rings. The number of likely N-dealkylation sites (tertiary alicyclic amines) is 1. The molecule has 0 spiro atoms. The third-order valence-corrected chi connectivity index (χ3v) is 5.41. The summed E-state index contributed by atoms with van der Waals surface area (Å²) < 4.78 is 1.75. The van der Waals surface area contributed by atoms with Crippen molar-refractivity contribution in [2.45, 2.75) is 38.3 Å². The van der Waals surface area contributed by atoms with Gasteiger partial charge in [-0.05, 0) is 30.7 Å². The van der Waals surface area contributed by atoms with E-state index < -0.39 is 0 Å². The fourth-order valence-corrected chi connectivity index (χ4v) is 3.90. The van der Waals surface area contributed by atoms with Gasteiger partial charge in [0.25, 0.3) is 0 Å². The van der Waals surface area contributed by atoms with E-state index in [4.69, 9.17) is 0 Å². The normalized spacial score (nSPS) is 19.5. The van der Waals surface area contributed by atoms with Crippen molar-refractivity contribution < 1.29 is 9.59 Å². The molecule has 0 unspecified atom stereocenters. The summed E-state index contributed by atoms with van der Waals surface area (Å²) in [6.45, 7) is 1.44. The monoisotopic (exact) mass is 366 g/mol. The lowest BCUT2D eigenvalue weighted by molar-refractivity contribution is -0.139. The zero-order valence-corrected chi connectivity index (χ0v) is 15.8. The fraction of sp³-hybridized carbons (Fsp3) is 0.476. The average molecular weight is 366 g/mol. The molecule has 0 bridgehead atoms. The van der Waals surface area contributed by atoms with Crippen LogP contribution in [0.15, 0.2) is 42.7 Å². The van der Waals surface area contributed by atoms with Crippen LogP contribution in [0, 0.1) is 5.92 Å². The van der Waals surface area contributed by atoms with Gasteiger partial charge in [0.2, 0.25) is 11.8 Å². The number of hydrogen-bond acceptors (Lipinski definition) is 3. The van der Waals surface area contributed by atoms with Crippen molar-refractivity contribution >= 4 is 11.8 Å². The van der Waals surface area contributed by atoms with Crippen molar-refractivity contribution in [1.29, 1.82) is 0 Å². The second-order valence-electron chi connectivity index (χ2n) is 7.81. The zero-order chi connectivity index (χ0) is 18.8. The van der Waals surface area contributed by atoms with Crippen molar-refractivity contribution in [3.63, 3.8) is 0 Å². The van der Waals surface area contributed by atoms with Gasteiger partial charge in [-0.2, -0.15) is 5.10 Å². The van der Waals surface area contributed by atoms with E-state index in [0.29, 0.717) is 31.5 Å². The van der Waals surface area contributed by atoms with Gasteiger partial charge in [-0.3, -0.25) is 14.3 Å². The highest BCUT2D eigenvalue weighted by Crippen LogP contribution is 2.29. The number of aromatic nitrogens is 2. The molecule has 6 nitrogen and oxygen atoms in total. The molecule has 0 N–H and O–H groups in total. The number of carbonyl (C=O) groups is 2. The molecular weight excluding hydrogens is 340 g/mol. The molecule has 2 fully saturated rings. The Labute approximate surface area is 159 Å². The van der Waals surface area contributed by atoms with Crippen LogP contribution in [-0.2, 0) is 29.6 Å². The summed E-state index contributed by atoms with van der Waals surface area (Å²) in [7, 11) is 1.88. The highest BCUT2D eigenvalue weighted by Gasteiger charge is 2.36. The first-order valence-corrected chi connectivity index (χ1v) is 9.67. The standard InChI is InChI=1S/C21H26N4O2/c1-23-12-18(11-22-23)14-25(19-7-8-19)21(27)15-24-13-17(10-20(24)26)9-16-5-3-2-4-6-16/h2-6,11-12,17,19H,7-10,13-15H2,1H3/t17-/m0/s1. The Morgan fingerprint density at radius 1 is 1.22 bits per heavy atom. The fourth-order valence-electron chi connectivity index (χ4n) is 3.90. The van der Waals surface area contributed by atoms with Crippen LogP contribution in [0.5, 0.6) is 0 Å². The van der Waals surface area contributed by atoms with Crippen LogP contribution in [0.1, 0.15) is 30.4 Å². The first-order chi connectivity index (χ1) is 13.1. The maximum Gasteiger partial charge on any atom is 0.242 e. The van der Waals surface area contributed by atoms with Crippen molar-refractivity contribution in [1.82, 2.24) is 19.6 Å². The minimum Gasteiger partial charge on any atom is -0.334 e. The van der Waals surface area contributed by atoms with Gasteiger partial charge >= 0.3 is 0 Å². The van der Waals surface area contributed by atoms with Crippen LogP contribution >= 0.6 is 0 Å². The molecule has 0 radical (unpaired) electrons. The predicted octanol–water partition coefficient (Wildman–Crippen LogP) is 2.00. The molecule has 4 rings (SSSR count). The van der Waals surface area contributed by atoms with Crippen molar-refractivity contribution in [3.05, 3.63) is 53.9 Å². The molecule has 2 heterocycles. The molecule has 27 heavy (non-hydrogen) atoms. The van der Waals surface area contributed by atoms with Gasteiger partial charge in [-0.1, -0.05) is 30.3 Å². The van der Waals surface area contributed by atoms with E-state index >= 15 is 0 Å². The lowest BCUT2D eigenvalue weighted by Crippen LogP contribution is -2.41. The lowest BCUT2D eigenvalue weighted by atomic mass is 9.99. The number of amides is 2. The Kier molecular flexibility index (Phi) is 4.97. The third kappa shape index (κ3) is 4.38. The van der Waals surface area contributed by atoms with Crippen molar-refractivity contribution in [2.24, 2.45) is 13.0 Å². The van der Waals surface area contributed by atoms with Crippen LogP contribution in [0.25, 0.3) is 0 Å². The number of rotatable bonds is 7. The summed E-state index contributed by atoms with van der Waals surface area (Å²) in [5.74, 6) is 0.442. The average Bonchev–Trinajstić information content (AvgIpc) is 3.32.